The Hall–Kier alpha value is -1.58. The molecule has 0 bridgehead atoms. The highest BCUT2D eigenvalue weighted by molar-refractivity contribution is 7.89. The number of nitrogens with zero attached hydrogens (tertiary/aromatic N) is 1. The number of benzene rings is 1. The largest absolute Gasteiger partial charge is 0.399 e. The Morgan fingerprint density at radius 3 is 2.45 bits per heavy atom. The number of halogens is 2. The minimum absolute atomic E-state index is 0.135. The molecule has 5 nitrogen and oxygen atoms in total. The average molecular weight is 319 g/mol. The number of sulfonamides is 1. The van der Waals surface area contributed by atoms with Crippen LogP contribution in [0.25, 0.3) is 0 Å². The number of thiazole rings is 1. The molecule has 9 heteroatoms. The van der Waals surface area contributed by atoms with E-state index in [1.54, 1.807) is 6.20 Å². The molecule has 0 saturated heterocycles. The van der Waals surface area contributed by atoms with Crippen LogP contribution in [0.4, 0.5) is 14.5 Å². The predicted molar refractivity (Wildman–Crippen MR) is 71.6 cm³/mol. The molecule has 3 N–H and O–H groups in total. The van der Waals surface area contributed by atoms with Gasteiger partial charge in [0.05, 0.1) is 6.54 Å². The summed E-state index contributed by atoms with van der Waals surface area (Å²) in [5, 5.41) is 0.502. The highest BCUT2D eigenvalue weighted by Gasteiger charge is 2.24. The van der Waals surface area contributed by atoms with E-state index in [1.807, 2.05) is 6.92 Å². The lowest BCUT2D eigenvalue weighted by Crippen LogP contribution is -2.25. The highest BCUT2D eigenvalue weighted by Crippen LogP contribution is 2.22. The zero-order chi connectivity index (χ0) is 14.9. The molecule has 108 valence electrons. The van der Waals surface area contributed by atoms with Crippen LogP contribution >= 0.6 is 11.3 Å². The van der Waals surface area contributed by atoms with Gasteiger partial charge < -0.3 is 5.73 Å². The lowest BCUT2D eigenvalue weighted by molar-refractivity contribution is 0.514. The lowest BCUT2D eigenvalue weighted by Gasteiger charge is -2.08. The van der Waals surface area contributed by atoms with E-state index < -0.39 is 26.6 Å². The van der Waals surface area contributed by atoms with Crippen molar-refractivity contribution in [2.75, 3.05) is 5.73 Å². The van der Waals surface area contributed by atoms with E-state index in [0.29, 0.717) is 5.01 Å². The maximum Gasteiger partial charge on any atom is 0.246 e. The van der Waals surface area contributed by atoms with Gasteiger partial charge in [-0.25, -0.2) is 26.9 Å². The van der Waals surface area contributed by atoms with E-state index in [4.69, 9.17) is 5.73 Å². The summed E-state index contributed by atoms with van der Waals surface area (Å²) in [5.74, 6) is -2.46. The van der Waals surface area contributed by atoms with Crippen molar-refractivity contribution in [2.45, 2.75) is 18.4 Å². The van der Waals surface area contributed by atoms with Crippen LogP contribution in [0, 0.1) is 18.6 Å². The van der Waals surface area contributed by atoms with E-state index in [-0.39, 0.29) is 12.2 Å². The van der Waals surface area contributed by atoms with Gasteiger partial charge in [-0.05, 0) is 19.1 Å². The first-order chi connectivity index (χ1) is 9.29. The standard InChI is InChI=1S/C11H11F2N3O2S2/c1-6-4-15-10(19-6)5-16-20(17,18)11-8(12)2-7(14)3-9(11)13/h2-4,16H,5,14H2,1H3. The molecule has 1 aromatic heterocycles. The molecule has 0 fully saturated rings. The Morgan fingerprint density at radius 2 is 1.95 bits per heavy atom. The second-order valence-corrected chi connectivity index (χ2v) is 7.03. The van der Waals surface area contributed by atoms with Crippen molar-refractivity contribution in [3.05, 3.63) is 39.8 Å². The van der Waals surface area contributed by atoms with Crippen LogP contribution in [0.15, 0.2) is 23.2 Å². The summed E-state index contributed by atoms with van der Waals surface area (Å²) < 4.78 is 53.1. The van der Waals surface area contributed by atoms with E-state index >= 15 is 0 Å². The van der Waals surface area contributed by atoms with E-state index in [2.05, 4.69) is 9.71 Å². The first-order valence-electron chi connectivity index (χ1n) is 5.45. The second-order valence-electron chi connectivity index (χ2n) is 4.00. The Kier molecular flexibility index (Phi) is 4.02. The third-order valence-corrected chi connectivity index (χ3v) is 4.74. The minimum atomic E-state index is -4.32. The summed E-state index contributed by atoms with van der Waals surface area (Å²) in [7, 11) is -4.32. The Balaban J connectivity index is 2.27. The van der Waals surface area contributed by atoms with Crippen molar-refractivity contribution >= 4 is 27.0 Å². The fraction of sp³-hybridized carbons (Fsp3) is 0.182. The minimum Gasteiger partial charge on any atom is -0.399 e. The van der Waals surface area contributed by atoms with Gasteiger partial charge in [-0.1, -0.05) is 0 Å². The fourth-order valence-corrected chi connectivity index (χ4v) is 3.47. The van der Waals surface area contributed by atoms with Gasteiger partial charge in [0.2, 0.25) is 10.0 Å². The number of nitrogen functional groups attached to an aromatic ring is 1. The van der Waals surface area contributed by atoms with Gasteiger partial charge in [0, 0.05) is 16.8 Å². The van der Waals surface area contributed by atoms with E-state index in [1.165, 1.54) is 11.3 Å². The van der Waals surface area contributed by atoms with Crippen molar-refractivity contribution in [1.82, 2.24) is 9.71 Å². The number of nitrogens with two attached hydrogens (primary N) is 1. The molecule has 0 aliphatic rings. The van der Waals surface area contributed by atoms with Crippen molar-refractivity contribution in [3.8, 4) is 0 Å². The predicted octanol–water partition coefficient (Wildman–Crippen LogP) is 1.79. The Bertz CT molecular complexity index is 721. The highest BCUT2D eigenvalue weighted by atomic mass is 32.2. The van der Waals surface area contributed by atoms with Crippen LogP contribution in [-0.4, -0.2) is 13.4 Å². The summed E-state index contributed by atoms with van der Waals surface area (Å²) in [6.07, 6.45) is 1.58. The monoisotopic (exact) mass is 319 g/mol. The molecule has 0 aliphatic carbocycles. The number of hydrogen-bond acceptors (Lipinski definition) is 5. The molecule has 2 aromatic rings. The topological polar surface area (TPSA) is 85.1 Å². The molecule has 0 aliphatic heterocycles. The van der Waals surface area contributed by atoms with Crippen molar-refractivity contribution in [3.63, 3.8) is 0 Å². The van der Waals surface area contributed by atoms with Crippen LogP contribution in [-0.2, 0) is 16.6 Å². The van der Waals surface area contributed by atoms with Crippen LogP contribution in [0.2, 0.25) is 0 Å². The van der Waals surface area contributed by atoms with Crippen LogP contribution in [0.1, 0.15) is 9.88 Å². The third-order valence-electron chi connectivity index (χ3n) is 2.37. The quantitative estimate of drug-likeness (QED) is 0.841. The molecule has 0 atom stereocenters. The SMILES string of the molecule is Cc1cnc(CNS(=O)(=O)c2c(F)cc(N)cc2F)s1. The van der Waals surface area contributed by atoms with Gasteiger partial charge in [-0.15, -0.1) is 11.3 Å². The first kappa shape index (κ1) is 14.8. The van der Waals surface area contributed by atoms with Crippen molar-refractivity contribution < 1.29 is 17.2 Å². The van der Waals surface area contributed by atoms with Gasteiger partial charge in [0.1, 0.15) is 16.6 Å². The molecule has 0 radical (unpaired) electrons. The van der Waals surface area contributed by atoms with Crippen molar-refractivity contribution in [2.24, 2.45) is 0 Å². The van der Waals surface area contributed by atoms with E-state index in [0.717, 1.165) is 17.0 Å². The zero-order valence-corrected chi connectivity index (χ0v) is 12.0. The molecule has 0 saturated carbocycles. The average Bonchev–Trinajstić information content (AvgIpc) is 2.71. The molecule has 0 spiro atoms. The molecule has 1 aromatic carbocycles. The smallest absolute Gasteiger partial charge is 0.246 e. The summed E-state index contributed by atoms with van der Waals surface area (Å²) in [5.41, 5.74) is 5.05. The number of anilines is 1. The van der Waals surface area contributed by atoms with E-state index in [9.17, 15) is 17.2 Å². The van der Waals surface area contributed by atoms with Crippen molar-refractivity contribution in [1.29, 1.82) is 0 Å². The number of aromatic nitrogens is 1. The lowest BCUT2D eigenvalue weighted by atomic mass is 10.3. The normalized spacial score (nSPS) is 11.8. The Morgan fingerprint density at radius 1 is 1.35 bits per heavy atom. The summed E-state index contributed by atoms with van der Waals surface area (Å²) in [6, 6.07) is 1.51. The summed E-state index contributed by atoms with van der Waals surface area (Å²) >= 11 is 1.29. The maximum atomic E-state index is 13.6. The van der Waals surface area contributed by atoms with Crippen LogP contribution in [0.3, 0.4) is 0 Å². The van der Waals surface area contributed by atoms with Gasteiger partial charge in [0.25, 0.3) is 0 Å². The number of hydrogen-bond donors (Lipinski definition) is 2. The second kappa shape index (κ2) is 5.43. The Labute approximate surface area is 118 Å². The van der Waals surface area contributed by atoms with Gasteiger partial charge in [-0.2, -0.15) is 0 Å². The molecule has 0 unspecified atom stereocenters. The molecule has 0 amide bonds. The summed E-state index contributed by atoms with van der Waals surface area (Å²) in [6.45, 7) is 1.68. The van der Waals surface area contributed by atoms with Crippen LogP contribution < -0.4 is 10.5 Å². The molecule has 2 rings (SSSR count). The summed E-state index contributed by atoms with van der Waals surface area (Å²) in [4.78, 5) is 3.82. The maximum absolute atomic E-state index is 13.6. The third kappa shape index (κ3) is 3.11. The number of rotatable bonds is 4. The van der Waals surface area contributed by atoms with Gasteiger partial charge in [0.15, 0.2) is 4.90 Å². The molecule has 1 heterocycles. The molecule has 20 heavy (non-hydrogen) atoms. The van der Waals surface area contributed by atoms with Gasteiger partial charge in [-0.3, -0.25) is 0 Å². The molecular weight excluding hydrogens is 308 g/mol. The van der Waals surface area contributed by atoms with Crippen LogP contribution in [0.5, 0.6) is 0 Å². The fourth-order valence-electron chi connectivity index (χ4n) is 1.55. The first-order valence-corrected chi connectivity index (χ1v) is 7.75. The number of aryl methyl sites for hydroxylation is 1. The zero-order valence-electron chi connectivity index (χ0n) is 10.4. The number of nitrogens with one attached hydrogen (secondary N) is 1. The molecular formula is C11H11F2N3O2S2. The van der Waals surface area contributed by atoms with Gasteiger partial charge >= 0.3 is 0 Å².